The fourth-order valence-corrected chi connectivity index (χ4v) is 3.94. The molecule has 1 N–H and O–H groups in total. The lowest BCUT2D eigenvalue weighted by atomic mass is 10.1. The third kappa shape index (κ3) is 4.77. The first-order valence-electron chi connectivity index (χ1n) is 9.86. The summed E-state index contributed by atoms with van der Waals surface area (Å²) in [5, 5.41) is 11.6. The fraction of sp³-hybridized carbons (Fsp3) is 0.318. The van der Waals surface area contributed by atoms with Crippen LogP contribution in [0.5, 0.6) is 17.2 Å². The van der Waals surface area contributed by atoms with Gasteiger partial charge in [0.1, 0.15) is 12.4 Å². The highest BCUT2D eigenvalue weighted by atomic mass is 32.2. The number of rotatable bonds is 7. The lowest BCUT2D eigenvalue weighted by molar-refractivity contribution is -0.115. The quantitative estimate of drug-likeness (QED) is 0.558. The molecule has 1 aliphatic rings. The van der Waals surface area contributed by atoms with Crippen molar-refractivity contribution >= 4 is 23.4 Å². The molecular formula is C22H24N4O4S. The maximum absolute atomic E-state index is 12.6. The molecule has 2 heterocycles. The predicted octanol–water partition coefficient (Wildman–Crippen LogP) is 3.86. The second-order valence-corrected chi connectivity index (χ2v) is 8.64. The van der Waals surface area contributed by atoms with E-state index in [1.54, 1.807) is 18.2 Å². The maximum Gasteiger partial charge on any atom is 0.237 e. The Morgan fingerprint density at radius 2 is 2.00 bits per heavy atom. The van der Waals surface area contributed by atoms with Crippen LogP contribution in [0.15, 0.2) is 41.6 Å². The van der Waals surface area contributed by atoms with E-state index < -0.39 is 0 Å². The number of hydrogen-bond acceptors (Lipinski definition) is 7. The summed E-state index contributed by atoms with van der Waals surface area (Å²) in [6, 6.07) is 11.4. The molecule has 0 spiro atoms. The Hall–Kier alpha value is -3.20. The molecule has 0 aliphatic carbocycles. The van der Waals surface area contributed by atoms with E-state index in [-0.39, 0.29) is 18.0 Å². The molecule has 1 amide bonds. The molecule has 1 aliphatic heterocycles. The summed E-state index contributed by atoms with van der Waals surface area (Å²) < 4.78 is 18.4. The molecule has 4 rings (SSSR count). The van der Waals surface area contributed by atoms with Crippen molar-refractivity contribution in [1.82, 2.24) is 14.8 Å². The summed E-state index contributed by atoms with van der Waals surface area (Å²) in [7, 11) is 1.87. The Kier molecular flexibility index (Phi) is 6.03. The smallest absolute Gasteiger partial charge is 0.237 e. The normalized spacial score (nSPS) is 13.2. The monoisotopic (exact) mass is 440 g/mol. The topological polar surface area (TPSA) is 87.5 Å². The zero-order valence-electron chi connectivity index (χ0n) is 17.8. The first-order valence-corrected chi connectivity index (χ1v) is 10.7. The number of thioether (sulfide) groups is 1. The molecule has 2 aromatic carbocycles. The fourth-order valence-electron chi connectivity index (χ4n) is 3.11. The molecule has 8 nitrogen and oxygen atoms in total. The van der Waals surface area contributed by atoms with Gasteiger partial charge in [-0.05, 0) is 44.5 Å². The lowest BCUT2D eigenvalue weighted by Crippen LogP contribution is -2.22. The standard InChI is InChI=1S/C22H24N4O4S/c1-13-5-7-17(14(2)9-13)28-11-20-24-25-22(26(20)4)31-15(3)21(27)23-16-6-8-18-19(10-16)30-12-29-18/h5-10,15H,11-12H2,1-4H3,(H,23,27). The molecule has 9 heteroatoms. The first-order chi connectivity index (χ1) is 14.9. The van der Waals surface area contributed by atoms with Crippen LogP contribution in [0.3, 0.4) is 0 Å². The van der Waals surface area contributed by atoms with Crippen LogP contribution in [-0.2, 0) is 18.4 Å². The van der Waals surface area contributed by atoms with Crippen LogP contribution in [0, 0.1) is 13.8 Å². The zero-order valence-corrected chi connectivity index (χ0v) is 18.7. The minimum atomic E-state index is -0.374. The number of aromatic nitrogens is 3. The van der Waals surface area contributed by atoms with E-state index in [2.05, 4.69) is 21.6 Å². The van der Waals surface area contributed by atoms with Gasteiger partial charge in [-0.15, -0.1) is 10.2 Å². The summed E-state index contributed by atoms with van der Waals surface area (Å²) in [6.45, 7) is 6.38. The predicted molar refractivity (Wildman–Crippen MR) is 118 cm³/mol. The van der Waals surface area contributed by atoms with E-state index in [0.29, 0.717) is 34.8 Å². The summed E-state index contributed by atoms with van der Waals surface area (Å²) in [4.78, 5) is 12.6. The third-order valence-corrected chi connectivity index (χ3v) is 6.04. The Balaban J connectivity index is 1.35. The Bertz CT molecular complexity index is 1110. The minimum Gasteiger partial charge on any atom is -0.485 e. The van der Waals surface area contributed by atoms with E-state index in [9.17, 15) is 4.79 Å². The third-order valence-electron chi connectivity index (χ3n) is 4.90. The molecule has 0 saturated carbocycles. The molecule has 1 unspecified atom stereocenters. The van der Waals surface area contributed by atoms with Gasteiger partial charge < -0.3 is 24.1 Å². The highest BCUT2D eigenvalue weighted by molar-refractivity contribution is 8.00. The van der Waals surface area contributed by atoms with Crippen LogP contribution >= 0.6 is 11.8 Å². The number of nitrogens with zero attached hydrogens (tertiary/aromatic N) is 3. The number of amides is 1. The van der Waals surface area contributed by atoms with Crippen molar-refractivity contribution in [3.63, 3.8) is 0 Å². The van der Waals surface area contributed by atoms with Gasteiger partial charge in [0.15, 0.2) is 22.5 Å². The largest absolute Gasteiger partial charge is 0.485 e. The number of fused-ring (bicyclic) bond motifs is 1. The van der Waals surface area contributed by atoms with E-state index in [4.69, 9.17) is 14.2 Å². The van der Waals surface area contributed by atoms with Gasteiger partial charge in [-0.2, -0.15) is 0 Å². The van der Waals surface area contributed by atoms with Crippen LogP contribution in [0.25, 0.3) is 0 Å². The van der Waals surface area contributed by atoms with Crippen LogP contribution in [-0.4, -0.2) is 32.7 Å². The summed E-state index contributed by atoms with van der Waals surface area (Å²) in [5.74, 6) is 2.67. The van der Waals surface area contributed by atoms with Crippen LogP contribution in [0.1, 0.15) is 23.9 Å². The van der Waals surface area contributed by atoms with Gasteiger partial charge in [-0.1, -0.05) is 29.5 Å². The highest BCUT2D eigenvalue weighted by Gasteiger charge is 2.20. The number of anilines is 1. The summed E-state index contributed by atoms with van der Waals surface area (Å²) in [6.07, 6.45) is 0. The Labute approximate surface area is 184 Å². The molecule has 0 radical (unpaired) electrons. The number of hydrogen-bond donors (Lipinski definition) is 1. The van der Waals surface area contributed by atoms with Gasteiger partial charge in [-0.3, -0.25) is 4.79 Å². The van der Waals surface area contributed by atoms with Crippen molar-refractivity contribution in [3.05, 3.63) is 53.3 Å². The number of nitrogens with one attached hydrogen (secondary N) is 1. The van der Waals surface area contributed by atoms with Gasteiger partial charge in [0.2, 0.25) is 12.7 Å². The Morgan fingerprint density at radius 3 is 2.81 bits per heavy atom. The second-order valence-electron chi connectivity index (χ2n) is 7.33. The van der Waals surface area contributed by atoms with Crippen molar-refractivity contribution in [2.24, 2.45) is 7.05 Å². The number of carbonyl (C=O) groups is 1. The van der Waals surface area contributed by atoms with E-state index in [0.717, 1.165) is 11.3 Å². The summed E-state index contributed by atoms with van der Waals surface area (Å²) in [5.41, 5.74) is 2.92. The van der Waals surface area contributed by atoms with E-state index in [1.165, 1.54) is 17.3 Å². The van der Waals surface area contributed by atoms with Crippen LogP contribution in [0.4, 0.5) is 5.69 Å². The van der Waals surface area contributed by atoms with E-state index >= 15 is 0 Å². The molecule has 3 aromatic rings. The number of ether oxygens (including phenoxy) is 3. The van der Waals surface area contributed by atoms with Gasteiger partial charge in [0.05, 0.1) is 5.25 Å². The van der Waals surface area contributed by atoms with Crippen LogP contribution < -0.4 is 19.5 Å². The van der Waals surface area contributed by atoms with Crippen molar-refractivity contribution in [1.29, 1.82) is 0 Å². The van der Waals surface area contributed by atoms with Crippen molar-refractivity contribution in [3.8, 4) is 17.2 Å². The highest BCUT2D eigenvalue weighted by Crippen LogP contribution is 2.34. The molecule has 0 bridgehead atoms. The molecule has 1 atom stereocenters. The molecule has 1 aromatic heterocycles. The van der Waals surface area contributed by atoms with Gasteiger partial charge in [-0.25, -0.2) is 0 Å². The van der Waals surface area contributed by atoms with Crippen molar-refractivity contribution in [2.45, 2.75) is 37.8 Å². The molecule has 0 fully saturated rings. The number of aryl methyl sites for hydroxylation is 2. The Morgan fingerprint density at radius 1 is 1.19 bits per heavy atom. The molecule has 31 heavy (non-hydrogen) atoms. The van der Waals surface area contributed by atoms with Crippen LogP contribution in [0.2, 0.25) is 0 Å². The van der Waals surface area contributed by atoms with Crippen molar-refractivity contribution in [2.75, 3.05) is 12.1 Å². The van der Waals surface area contributed by atoms with Crippen molar-refractivity contribution < 1.29 is 19.0 Å². The van der Waals surface area contributed by atoms with Gasteiger partial charge in [0, 0.05) is 18.8 Å². The summed E-state index contributed by atoms with van der Waals surface area (Å²) >= 11 is 1.34. The van der Waals surface area contributed by atoms with Gasteiger partial charge in [0.25, 0.3) is 0 Å². The number of benzene rings is 2. The molecule has 162 valence electrons. The lowest BCUT2D eigenvalue weighted by Gasteiger charge is -2.12. The molecular weight excluding hydrogens is 416 g/mol. The minimum absolute atomic E-state index is 0.139. The van der Waals surface area contributed by atoms with Gasteiger partial charge >= 0.3 is 0 Å². The number of carbonyl (C=O) groups excluding carboxylic acids is 1. The average molecular weight is 441 g/mol. The average Bonchev–Trinajstić information content (AvgIpc) is 3.34. The van der Waals surface area contributed by atoms with E-state index in [1.807, 2.05) is 44.5 Å². The SMILES string of the molecule is Cc1ccc(OCc2nnc(SC(C)C(=O)Nc3ccc4c(c3)OCO4)n2C)c(C)c1. The maximum atomic E-state index is 12.6. The molecule has 0 saturated heterocycles. The zero-order chi connectivity index (χ0) is 22.0. The first kappa shape index (κ1) is 21.0. The second kappa shape index (κ2) is 8.89.